The molecule has 0 saturated heterocycles. The molecule has 5 heteroatoms. The summed E-state index contributed by atoms with van der Waals surface area (Å²) in [4.78, 5) is 18.4. The molecule has 0 spiro atoms. The van der Waals surface area contributed by atoms with E-state index in [0.29, 0.717) is 5.78 Å². The van der Waals surface area contributed by atoms with Gasteiger partial charge in [-0.25, -0.2) is 4.98 Å². The van der Waals surface area contributed by atoms with Gasteiger partial charge in [0.15, 0.2) is 0 Å². The summed E-state index contributed by atoms with van der Waals surface area (Å²) >= 11 is 0. The smallest absolute Gasteiger partial charge is 0.309 e. The van der Waals surface area contributed by atoms with Gasteiger partial charge >= 0.3 is 5.97 Å². The minimum absolute atomic E-state index is 0.00775. The first kappa shape index (κ1) is 9.89. The molecule has 3 aromatic rings. The summed E-state index contributed by atoms with van der Waals surface area (Å²) < 4.78 is 1.87. The number of hydrogen-bond donors (Lipinski definition) is 2. The summed E-state index contributed by atoms with van der Waals surface area (Å²) in [6.45, 7) is 1.86. The van der Waals surface area contributed by atoms with Crippen LogP contribution in [0.2, 0.25) is 0 Å². The van der Waals surface area contributed by atoms with Crippen LogP contribution in [0.3, 0.4) is 0 Å². The van der Waals surface area contributed by atoms with Crippen molar-refractivity contribution in [3.8, 4) is 0 Å². The molecule has 2 heterocycles. The second-order valence-electron chi connectivity index (χ2n) is 4.03. The zero-order chi connectivity index (χ0) is 12.0. The number of aryl methyl sites for hydroxylation is 1. The van der Waals surface area contributed by atoms with Crippen LogP contribution < -0.4 is 0 Å². The molecule has 0 saturated carbocycles. The van der Waals surface area contributed by atoms with Gasteiger partial charge in [0.05, 0.1) is 23.1 Å². The van der Waals surface area contributed by atoms with E-state index in [2.05, 4.69) is 9.97 Å². The first-order chi connectivity index (χ1) is 8.16. The Hall–Kier alpha value is -2.30. The fourth-order valence-electron chi connectivity index (χ4n) is 2.15. The molecular formula is C12H11N3O2. The van der Waals surface area contributed by atoms with Crippen molar-refractivity contribution in [2.24, 2.45) is 0 Å². The Kier molecular flexibility index (Phi) is 1.95. The molecule has 5 nitrogen and oxygen atoms in total. The van der Waals surface area contributed by atoms with Crippen LogP contribution in [0.5, 0.6) is 0 Å². The quantitative estimate of drug-likeness (QED) is 0.703. The number of aromatic amines is 1. The highest BCUT2D eigenvalue weighted by Crippen LogP contribution is 2.20. The summed E-state index contributed by atoms with van der Waals surface area (Å²) in [6, 6.07) is 7.69. The summed E-state index contributed by atoms with van der Waals surface area (Å²) in [5, 5.41) is 8.93. The number of hydrogen-bond acceptors (Lipinski definition) is 2. The van der Waals surface area contributed by atoms with Crippen LogP contribution in [0.1, 0.15) is 11.4 Å². The number of carboxylic acids is 1. The van der Waals surface area contributed by atoms with Crippen molar-refractivity contribution in [1.29, 1.82) is 0 Å². The number of carbonyl (C=O) groups is 1. The Balaban J connectivity index is 2.39. The van der Waals surface area contributed by atoms with Crippen LogP contribution in [0, 0.1) is 6.92 Å². The van der Waals surface area contributed by atoms with E-state index in [1.165, 1.54) is 0 Å². The molecule has 17 heavy (non-hydrogen) atoms. The number of para-hydroxylation sites is 2. The molecule has 1 aromatic carbocycles. The topological polar surface area (TPSA) is 70.4 Å². The summed E-state index contributed by atoms with van der Waals surface area (Å²) in [7, 11) is 0. The van der Waals surface area contributed by atoms with E-state index in [1.54, 1.807) is 0 Å². The predicted molar refractivity (Wildman–Crippen MR) is 63.1 cm³/mol. The van der Waals surface area contributed by atoms with Crippen molar-refractivity contribution in [1.82, 2.24) is 14.4 Å². The number of benzene rings is 1. The highest BCUT2D eigenvalue weighted by Gasteiger charge is 2.15. The SMILES string of the molecule is Cc1[nH]c2nc3ccccc3n2c1CC(=O)O. The number of imidazole rings is 2. The number of H-pyrrole nitrogens is 1. The second-order valence-corrected chi connectivity index (χ2v) is 4.03. The maximum atomic E-state index is 10.9. The van der Waals surface area contributed by atoms with Crippen LogP contribution in [0.4, 0.5) is 0 Å². The number of nitrogens with zero attached hydrogens (tertiary/aromatic N) is 2. The normalized spacial score (nSPS) is 11.4. The molecule has 0 radical (unpaired) electrons. The highest BCUT2D eigenvalue weighted by atomic mass is 16.4. The minimum atomic E-state index is -0.841. The van der Waals surface area contributed by atoms with Crippen LogP contribution >= 0.6 is 0 Å². The van der Waals surface area contributed by atoms with E-state index in [1.807, 2.05) is 35.6 Å². The number of aromatic nitrogens is 3. The third kappa shape index (κ3) is 1.39. The number of carboxylic acid groups (broad SMARTS) is 1. The summed E-state index contributed by atoms with van der Waals surface area (Å²) in [5.74, 6) is -0.147. The first-order valence-electron chi connectivity index (χ1n) is 5.33. The van der Waals surface area contributed by atoms with E-state index in [9.17, 15) is 4.79 Å². The Morgan fingerprint density at radius 3 is 3.00 bits per heavy atom. The summed E-state index contributed by atoms with van der Waals surface area (Å²) in [6.07, 6.45) is -0.00775. The fourth-order valence-corrected chi connectivity index (χ4v) is 2.15. The molecule has 2 N–H and O–H groups in total. The lowest BCUT2D eigenvalue weighted by atomic mass is 10.2. The van der Waals surface area contributed by atoms with Crippen LogP contribution in [-0.4, -0.2) is 25.4 Å². The van der Waals surface area contributed by atoms with Gasteiger partial charge in [0.2, 0.25) is 5.78 Å². The maximum absolute atomic E-state index is 10.9. The van der Waals surface area contributed by atoms with Crippen molar-refractivity contribution >= 4 is 22.8 Å². The van der Waals surface area contributed by atoms with Gasteiger partial charge in [-0.2, -0.15) is 0 Å². The molecular weight excluding hydrogens is 218 g/mol. The van der Waals surface area contributed by atoms with E-state index < -0.39 is 5.97 Å². The van der Waals surface area contributed by atoms with Crippen molar-refractivity contribution in [2.45, 2.75) is 13.3 Å². The summed E-state index contributed by atoms with van der Waals surface area (Å²) in [5.41, 5.74) is 3.40. The molecule has 0 bridgehead atoms. The van der Waals surface area contributed by atoms with Gasteiger partial charge in [0, 0.05) is 5.69 Å². The minimum Gasteiger partial charge on any atom is -0.481 e. The highest BCUT2D eigenvalue weighted by molar-refractivity contribution is 5.81. The van der Waals surface area contributed by atoms with Gasteiger partial charge in [0.25, 0.3) is 0 Å². The molecule has 0 fully saturated rings. The van der Waals surface area contributed by atoms with Gasteiger partial charge in [-0.1, -0.05) is 12.1 Å². The van der Waals surface area contributed by atoms with Crippen molar-refractivity contribution < 1.29 is 9.90 Å². The largest absolute Gasteiger partial charge is 0.481 e. The number of nitrogens with one attached hydrogen (secondary N) is 1. The second kappa shape index (κ2) is 3.35. The third-order valence-corrected chi connectivity index (χ3v) is 2.88. The Morgan fingerprint density at radius 2 is 2.24 bits per heavy atom. The van der Waals surface area contributed by atoms with E-state index in [-0.39, 0.29) is 6.42 Å². The van der Waals surface area contributed by atoms with Gasteiger partial charge in [-0.15, -0.1) is 0 Å². The molecule has 0 aliphatic rings. The molecule has 0 unspecified atom stereocenters. The molecule has 2 aromatic heterocycles. The third-order valence-electron chi connectivity index (χ3n) is 2.88. The average Bonchev–Trinajstić information content (AvgIpc) is 2.75. The Labute approximate surface area is 96.7 Å². The van der Waals surface area contributed by atoms with Gasteiger partial charge in [-0.05, 0) is 19.1 Å². The lowest BCUT2D eigenvalue weighted by molar-refractivity contribution is -0.136. The lowest BCUT2D eigenvalue weighted by Crippen LogP contribution is -2.04. The molecule has 0 aliphatic heterocycles. The predicted octanol–water partition coefficient (Wildman–Crippen LogP) is 1.75. The monoisotopic (exact) mass is 229 g/mol. The molecule has 0 atom stereocenters. The van der Waals surface area contributed by atoms with E-state index in [4.69, 9.17) is 5.11 Å². The van der Waals surface area contributed by atoms with Gasteiger partial charge in [0.1, 0.15) is 0 Å². The van der Waals surface area contributed by atoms with Crippen molar-refractivity contribution in [3.63, 3.8) is 0 Å². The zero-order valence-corrected chi connectivity index (χ0v) is 9.27. The number of rotatable bonds is 2. The first-order valence-corrected chi connectivity index (χ1v) is 5.33. The Morgan fingerprint density at radius 1 is 1.47 bits per heavy atom. The fraction of sp³-hybridized carbons (Fsp3) is 0.167. The van der Waals surface area contributed by atoms with Crippen molar-refractivity contribution in [3.05, 3.63) is 35.7 Å². The van der Waals surface area contributed by atoms with Gasteiger partial charge in [-0.3, -0.25) is 9.20 Å². The lowest BCUT2D eigenvalue weighted by Gasteiger charge is -1.98. The van der Waals surface area contributed by atoms with Gasteiger partial charge < -0.3 is 10.1 Å². The van der Waals surface area contributed by atoms with Crippen molar-refractivity contribution in [2.75, 3.05) is 0 Å². The standard InChI is InChI=1S/C12H11N3O2/c1-7-10(6-11(16)17)15-9-5-3-2-4-8(9)14-12(15)13-7/h2-5H,6H2,1H3,(H,13,14)(H,16,17). The number of aliphatic carboxylic acids is 1. The van der Waals surface area contributed by atoms with Crippen LogP contribution in [0.15, 0.2) is 24.3 Å². The van der Waals surface area contributed by atoms with Crippen LogP contribution in [-0.2, 0) is 11.2 Å². The maximum Gasteiger partial charge on any atom is 0.309 e. The molecule has 0 aliphatic carbocycles. The Bertz CT molecular complexity index is 724. The molecule has 86 valence electrons. The molecule has 0 amide bonds. The molecule has 3 rings (SSSR count). The van der Waals surface area contributed by atoms with E-state index >= 15 is 0 Å². The number of fused-ring (bicyclic) bond motifs is 3. The van der Waals surface area contributed by atoms with Crippen LogP contribution in [0.25, 0.3) is 16.8 Å². The zero-order valence-electron chi connectivity index (χ0n) is 9.27. The van der Waals surface area contributed by atoms with E-state index in [0.717, 1.165) is 22.4 Å². The average molecular weight is 229 g/mol.